The van der Waals surface area contributed by atoms with E-state index in [2.05, 4.69) is 24.2 Å². The van der Waals surface area contributed by atoms with Gasteiger partial charge in [-0.2, -0.15) is 0 Å². The molecule has 0 fully saturated rings. The zero-order valence-electron chi connectivity index (χ0n) is 8.97. The summed E-state index contributed by atoms with van der Waals surface area (Å²) in [6.07, 6.45) is 6.12. The molecule has 13 heavy (non-hydrogen) atoms. The molecule has 0 aliphatic rings. The Balaban J connectivity index is 3.21. The van der Waals surface area contributed by atoms with Gasteiger partial charge in [-0.1, -0.05) is 33.1 Å². The summed E-state index contributed by atoms with van der Waals surface area (Å²) < 4.78 is 0. The van der Waals surface area contributed by atoms with Gasteiger partial charge in [0.05, 0.1) is 0 Å². The number of hydrogen-bond acceptors (Lipinski definition) is 1. The zero-order chi connectivity index (χ0) is 9.94. The van der Waals surface area contributed by atoms with Crippen LogP contribution in [0.1, 0.15) is 46.0 Å². The number of unbranched alkanes of at least 4 members (excludes halogenated alkanes) is 3. The van der Waals surface area contributed by atoms with Gasteiger partial charge in [0.25, 0.3) is 0 Å². The number of aliphatic imine (C=N–C) groups is 1. The maximum Gasteiger partial charge on any atom is 0.188 e. The molecular formula is C10H23N3. The van der Waals surface area contributed by atoms with Gasteiger partial charge in [0.1, 0.15) is 0 Å². The van der Waals surface area contributed by atoms with Crippen LogP contribution in [0.25, 0.3) is 0 Å². The van der Waals surface area contributed by atoms with E-state index in [0.717, 1.165) is 19.5 Å². The van der Waals surface area contributed by atoms with Crippen molar-refractivity contribution in [3.05, 3.63) is 0 Å². The fourth-order valence-corrected chi connectivity index (χ4v) is 1.06. The van der Waals surface area contributed by atoms with Crippen molar-refractivity contribution in [3.63, 3.8) is 0 Å². The Labute approximate surface area is 81.8 Å². The van der Waals surface area contributed by atoms with Gasteiger partial charge in [0.2, 0.25) is 0 Å². The van der Waals surface area contributed by atoms with Crippen molar-refractivity contribution in [1.82, 2.24) is 5.32 Å². The molecule has 0 saturated carbocycles. The van der Waals surface area contributed by atoms with E-state index in [0.29, 0.717) is 5.96 Å². The molecule has 3 heteroatoms. The Morgan fingerprint density at radius 2 is 1.92 bits per heavy atom. The second-order valence-electron chi connectivity index (χ2n) is 3.25. The van der Waals surface area contributed by atoms with Crippen molar-refractivity contribution in [2.45, 2.75) is 46.0 Å². The van der Waals surface area contributed by atoms with Crippen LogP contribution < -0.4 is 11.1 Å². The maximum atomic E-state index is 5.61. The SMILES string of the molecule is CCCCCCNC(N)=NCCC. The summed E-state index contributed by atoms with van der Waals surface area (Å²) in [6.45, 7) is 6.09. The molecule has 3 N–H and O–H groups in total. The molecule has 0 aromatic carbocycles. The highest BCUT2D eigenvalue weighted by Crippen LogP contribution is 1.96. The van der Waals surface area contributed by atoms with Crippen molar-refractivity contribution in [2.75, 3.05) is 13.1 Å². The van der Waals surface area contributed by atoms with Crippen LogP contribution in [0.5, 0.6) is 0 Å². The first-order valence-corrected chi connectivity index (χ1v) is 5.35. The molecule has 0 rings (SSSR count). The van der Waals surface area contributed by atoms with Crippen molar-refractivity contribution >= 4 is 5.96 Å². The predicted molar refractivity (Wildman–Crippen MR) is 58.9 cm³/mol. The first-order chi connectivity index (χ1) is 6.31. The minimum absolute atomic E-state index is 0.596. The lowest BCUT2D eigenvalue weighted by atomic mass is 10.2. The third-order valence-electron chi connectivity index (χ3n) is 1.84. The summed E-state index contributed by atoms with van der Waals surface area (Å²) in [5.74, 6) is 0.596. The zero-order valence-corrected chi connectivity index (χ0v) is 8.97. The Kier molecular flexibility index (Phi) is 8.83. The van der Waals surface area contributed by atoms with Crippen molar-refractivity contribution < 1.29 is 0 Å². The molecule has 0 amide bonds. The van der Waals surface area contributed by atoms with Gasteiger partial charge in [-0.25, -0.2) is 0 Å². The summed E-state index contributed by atoms with van der Waals surface area (Å²) in [7, 11) is 0. The van der Waals surface area contributed by atoms with Crippen molar-refractivity contribution in [2.24, 2.45) is 10.7 Å². The molecule has 0 bridgehead atoms. The number of nitrogens with zero attached hydrogens (tertiary/aromatic N) is 1. The lowest BCUT2D eigenvalue weighted by molar-refractivity contribution is 0.652. The van der Waals surface area contributed by atoms with Gasteiger partial charge >= 0.3 is 0 Å². The molecular weight excluding hydrogens is 162 g/mol. The van der Waals surface area contributed by atoms with E-state index in [1.54, 1.807) is 0 Å². The standard InChI is InChI=1S/C10H23N3/c1-3-5-6-7-9-13-10(11)12-8-4-2/h3-9H2,1-2H3,(H3,11,12,13). The van der Waals surface area contributed by atoms with Gasteiger partial charge in [-0.15, -0.1) is 0 Å². The minimum Gasteiger partial charge on any atom is -0.370 e. The average Bonchev–Trinajstić information content (AvgIpc) is 2.14. The molecule has 0 radical (unpaired) electrons. The van der Waals surface area contributed by atoms with E-state index in [4.69, 9.17) is 5.73 Å². The van der Waals surface area contributed by atoms with E-state index in [9.17, 15) is 0 Å². The molecule has 0 aromatic heterocycles. The Bertz CT molecular complexity index is 132. The minimum atomic E-state index is 0.596. The summed E-state index contributed by atoms with van der Waals surface area (Å²) in [5.41, 5.74) is 5.61. The smallest absolute Gasteiger partial charge is 0.188 e. The fourth-order valence-electron chi connectivity index (χ4n) is 1.06. The number of nitrogens with one attached hydrogen (secondary N) is 1. The largest absolute Gasteiger partial charge is 0.370 e. The van der Waals surface area contributed by atoms with Crippen LogP contribution in [0, 0.1) is 0 Å². The summed E-state index contributed by atoms with van der Waals surface area (Å²) >= 11 is 0. The second kappa shape index (κ2) is 9.36. The number of hydrogen-bond donors (Lipinski definition) is 2. The lowest BCUT2D eigenvalue weighted by Crippen LogP contribution is -2.32. The molecule has 0 saturated heterocycles. The van der Waals surface area contributed by atoms with E-state index in [1.165, 1.54) is 25.7 Å². The number of guanidine groups is 1. The Morgan fingerprint density at radius 1 is 1.15 bits per heavy atom. The van der Waals surface area contributed by atoms with Crippen LogP contribution in [-0.2, 0) is 0 Å². The van der Waals surface area contributed by atoms with Crippen LogP contribution in [0.15, 0.2) is 4.99 Å². The van der Waals surface area contributed by atoms with Crippen LogP contribution in [0.3, 0.4) is 0 Å². The first kappa shape index (κ1) is 12.3. The van der Waals surface area contributed by atoms with E-state index in [-0.39, 0.29) is 0 Å². The third kappa shape index (κ3) is 9.18. The molecule has 0 aromatic rings. The monoisotopic (exact) mass is 185 g/mol. The highest BCUT2D eigenvalue weighted by molar-refractivity contribution is 5.77. The van der Waals surface area contributed by atoms with Gasteiger partial charge in [0, 0.05) is 13.1 Å². The van der Waals surface area contributed by atoms with Crippen molar-refractivity contribution in [1.29, 1.82) is 0 Å². The predicted octanol–water partition coefficient (Wildman–Crippen LogP) is 1.88. The molecule has 0 aliphatic heterocycles. The maximum absolute atomic E-state index is 5.61. The van der Waals surface area contributed by atoms with Crippen LogP contribution in [0.2, 0.25) is 0 Å². The van der Waals surface area contributed by atoms with Crippen LogP contribution in [-0.4, -0.2) is 19.0 Å². The van der Waals surface area contributed by atoms with E-state index in [1.807, 2.05) is 0 Å². The van der Waals surface area contributed by atoms with Gasteiger partial charge in [-0.3, -0.25) is 4.99 Å². The fraction of sp³-hybridized carbons (Fsp3) is 0.900. The number of rotatable bonds is 7. The molecule has 78 valence electrons. The highest BCUT2D eigenvalue weighted by atomic mass is 15.1. The Hall–Kier alpha value is -0.730. The topological polar surface area (TPSA) is 50.4 Å². The highest BCUT2D eigenvalue weighted by Gasteiger charge is 1.90. The van der Waals surface area contributed by atoms with Gasteiger partial charge < -0.3 is 11.1 Å². The Morgan fingerprint density at radius 3 is 2.54 bits per heavy atom. The molecule has 0 heterocycles. The van der Waals surface area contributed by atoms with E-state index < -0.39 is 0 Å². The van der Waals surface area contributed by atoms with E-state index >= 15 is 0 Å². The summed E-state index contributed by atoms with van der Waals surface area (Å²) in [5, 5.41) is 3.10. The molecule has 0 spiro atoms. The van der Waals surface area contributed by atoms with Crippen molar-refractivity contribution in [3.8, 4) is 0 Å². The van der Waals surface area contributed by atoms with Crippen LogP contribution in [0.4, 0.5) is 0 Å². The second-order valence-corrected chi connectivity index (χ2v) is 3.25. The molecule has 3 nitrogen and oxygen atoms in total. The normalized spacial score (nSPS) is 11.7. The molecule has 0 atom stereocenters. The summed E-state index contributed by atoms with van der Waals surface area (Å²) in [6, 6.07) is 0. The summed E-state index contributed by atoms with van der Waals surface area (Å²) in [4.78, 5) is 4.14. The van der Waals surface area contributed by atoms with Crippen LogP contribution >= 0.6 is 0 Å². The molecule has 0 unspecified atom stereocenters. The quantitative estimate of drug-likeness (QED) is 0.361. The lowest BCUT2D eigenvalue weighted by Gasteiger charge is -2.04. The van der Waals surface area contributed by atoms with Gasteiger partial charge in [0.15, 0.2) is 5.96 Å². The number of nitrogens with two attached hydrogens (primary N) is 1. The first-order valence-electron chi connectivity index (χ1n) is 5.35. The third-order valence-corrected chi connectivity index (χ3v) is 1.84. The average molecular weight is 185 g/mol. The molecule has 0 aliphatic carbocycles. The van der Waals surface area contributed by atoms with Gasteiger partial charge in [-0.05, 0) is 12.8 Å².